The number of thiazole rings is 1. The number of halogens is 1. The van der Waals surface area contributed by atoms with Crippen molar-refractivity contribution in [3.05, 3.63) is 75.0 Å². The molecule has 0 spiro atoms. The number of piperazine rings is 1. The van der Waals surface area contributed by atoms with Gasteiger partial charge >= 0.3 is 152 Å². The van der Waals surface area contributed by atoms with E-state index >= 15 is 0 Å². The average molecular weight is 606 g/mol. The molecule has 2 aromatic carbocycles. The third-order valence-electron chi connectivity index (χ3n) is 7.05. The predicted molar refractivity (Wildman–Crippen MR) is 152 cm³/mol. The monoisotopic (exact) mass is 605 g/mol. The van der Waals surface area contributed by atoms with Gasteiger partial charge in [-0.2, -0.15) is 0 Å². The average Bonchev–Trinajstić information content (AvgIpc) is 3.41. The molecule has 1 fully saturated rings. The second kappa shape index (κ2) is 13.5. The van der Waals surface area contributed by atoms with Gasteiger partial charge in [0, 0.05) is 31.7 Å². The molecule has 2 N–H and O–H groups in total. The van der Waals surface area contributed by atoms with Gasteiger partial charge in [-0.1, -0.05) is 11.8 Å². The number of hydrogen-bond donors (Lipinski definition) is 2. The molecule has 211 valence electrons. The summed E-state index contributed by atoms with van der Waals surface area (Å²) in [7, 11) is 0. The van der Waals surface area contributed by atoms with Gasteiger partial charge in [-0.05, 0) is 18.2 Å². The van der Waals surface area contributed by atoms with Crippen LogP contribution in [0.1, 0.15) is 44.0 Å². The molecule has 3 heterocycles. The first-order chi connectivity index (χ1) is 19.5. The standard InChI is InChI=1S/C30H31FN4O3S.Co/c1-21-5-2-7-23-11-15-35(20-24(21)23)30-33-28(29(36)37)27(39-30)8-4-18-38-26-10-9-22(19-25(26)31)6-3-14-34-16-12-32-13-17-34;/h1-2,5,7,9-10,19,32H,4,8,11-18,20H2,(H,36,37);. The zero-order valence-electron chi connectivity index (χ0n) is 22.0. The van der Waals surface area contributed by atoms with Crippen molar-refractivity contribution < 1.29 is 34.3 Å². The van der Waals surface area contributed by atoms with E-state index in [4.69, 9.17) is 4.74 Å². The number of aromatic carboxylic acids is 1. The van der Waals surface area contributed by atoms with Crippen LogP contribution in [0.2, 0.25) is 0 Å². The van der Waals surface area contributed by atoms with E-state index in [1.54, 1.807) is 17.1 Å². The van der Waals surface area contributed by atoms with Gasteiger partial charge < -0.3 is 5.32 Å². The third kappa shape index (κ3) is 6.97. The van der Waals surface area contributed by atoms with E-state index in [1.165, 1.54) is 28.5 Å². The summed E-state index contributed by atoms with van der Waals surface area (Å²) in [5.74, 6) is 4.82. The molecular formula is C30H31CoFN4O3S. The van der Waals surface area contributed by atoms with Crippen LogP contribution in [0.5, 0.6) is 5.75 Å². The van der Waals surface area contributed by atoms with Crippen molar-refractivity contribution in [2.24, 2.45) is 0 Å². The molecule has 0 amide bonds. The summed E-state index contributed by atoms with van der Waals surface area (Å²) in [6.07, 6.45) is 1.88. The molecule has 1 aromatic heterocycles. The maximum atomic E-state index is 14.6. The number of fused-ring (bicyclic) bond motifs is 1. The Hall–Kier alpha value is -3.07. The normalized spacial score (nSPS) is 15.2. The molecule has 0 unspecified atom stereocenters. The maximum absolute atomic E-state index is 14.6. The fourth-order valence-electron chi connectivity index (χ4n) is 4.90. The van der Waals surface area contributed by atoms with E-state index in [2.05, 4.69) is 53.3 Å². The van der Waals surface area contributed by atoms with Crippen LogP contribution >= 0.6 is 11.3 Å². The second-order valence-electron chi connectivity index (χ2n) is 9.75. The quantitative estimate of drug-likeness (QED) is 0.286. The Bertz CT molecular complexity index is 1440. The summed E-state index contributed by atoms with van der Waals surface area (Å²) >= 11 is 5.80. The van der Waals surface area contributed by atoms with E-state index in [9.17, 15) is 14.3 Å². The van der Waals surface area contributed by atoms with Crippen LogP contribution < -0.4 is 15.0 Å². The molecule has 5 rings (SSSR count). The number of aryl methyl sites for hydroxylation is 1. The summed E-state index contributed by atoms with van der Waals surface area (Å²) in [6, 6.07) is 10.9. The Labute approximate surface area is 245 Å². The van der Waals surface area contributed by atoms with Crippen molar-refractivity contribution in [3.63, 3.8) is 0 Å². The molecule has 40 heavy (non-hydrogen) atoms. The first kappa shape index (κ1) is 28.5. The number of nitrogens with one attached hydrogen (secondary N) is 1. The van der Waals surface area contributed by atoms with Crippen LogP contribution in [0, 0.1) is 17.7 Å². The smallest absolute Gasteiger partial charge is 0.314 e. The molecule has 0 radical (unpaired) electrons. The van der Waals surface area contributed by atoms with Gasteiger partial charge in [0.15, 0.2) is 11.6 Å². The molecule has 7 nitrogen and oxygen atoms in total. The number of nitrogens with zero attached hydrogens (tertiary/aromatic N) is 3. The summed E-state index contributed by atoms with van der Waals surface area (Å²) in [4.78, 5) is 23.3. The van der Waals surface area contributed by atoms with Crippen LogP contribution in [0.25, 0.3) is 0 Å². The van der Waals surface area contributed by atoms with Crippen molar-refractivity contribution in [1.29, 1.82) is 0 Å². The Balaban J connectivity index is 1.16. The molecule has 10 heteroatoms. The molecule has 0 saturated carbocycles. The van der Waals surface area contributed by atoms with Gasteiger partial charge in [0.25, 0.3) is 0 Å². The van der Waals surface area contributed by atoms with Crippen molar-refractivity contribution >= 4 is 27.4 Å². The Morgan fingerprint density at radius 1 is 1.25 bits per heavy atom. The summed E-state index contributed by atoms with van der Waals surface area (Å²) in [5.41, 5.74) is 4.24. The first-order valence-corrected chi connectivity index (χ1v) is 14.8. The molecule has 1 saturated heterocycles. The topological polar surface area (TPSA) is 77.9 Å². The van der Waals surface area contributed by atoms with Crippen molar-refractivity contribution in [2.45, 2.75) is 25.8 Å². The minimum Gasteiger partial charge on any atom is -0.314 e. The minimum atomic E-state index is -1.04. The number of ether oxygens (including phenoxy) is 1. The fourth-order valence-corrected chi connectivity index (χ4v) is 6.30. The predicted octanol–water partition coefficient (Wildman–Crippen LogP) is 3.51. The van der Waals surface area contributed by atoms with Crippen LogP contribution in [0.15, 0.2) is 36.4 Å². The van der Waals surface area contributed by atoms with Crippen LogP contribution in [-0.2, 0) is 34.7 Å². The van der Waals surface area contributed by atoms with E-state index in [0.29, 0.717) is 41.5 Å². The number of benzene rings is 2. The van der Waals surface area contributed by atoms with E-state index < -0.39 is 11.8 Å². The van der Waals surface area contributed by atoms with Gasteiger partial charge in [-0.3, -0.25) is 4.90 Å². The van der Waals surface area contributed by atoms with E-state index in [1.807, 2.05) is 12.1 Å². The SMILES string of the molecule is O=C(O)c1nc(N2CCc3cccc([CH]=[Co])c3C2)sc1CCCOc1ccc(C#CCN2CCNCC2)cc1F. The minimum absolute atomic E-state index is 0.0781. The van der Waals surface area contributed by atoms with Crippen LogP contribution in [-0.4, -0.2) is 71.8 Å². The number of anilines is 1. The van der Waals surface area contributed by atoms with Crippen molar-refractivity contribution in [3.8, 4) is 17.6 Å². The molecule has 2 aliphatic rings. The van der Waals surface area contributed by atoms with Gasteiger partial charge in [0.05, 0.1) is 6.54 Å². The Morgan fingerprint density at radius 3 is 2.88 bits per heavy atom. The van der Waals surface area contributed by atoms with E-state index in [-0.39, 0.29) is 18.1 Å². The molecular weight excluding hydrogens is 574 g/mol. The van der Waals surface area contributed by atoms with Gasteiger partial charge in [-0.25, -0.2) is 4.39 Å². The van der Waals surface area contributed by atoms with Gasteiger partial charge in [0.1, 0.15) is 0 Å². The summed E-state index contributed by atoms with van der Waals surface area (Å²) in [6.45, 7) is 6.22. The fraction of sp³-hybridized carbons (Fsp3) is 0.367. The summed E-state index contributed by atoms with van der Waals surface area (Å²) < 4.78 is 20.3. The molecule has 0 bridgehead atoms. The number of carbonyl (C=O) groups is 1. The Morgan fingerprint density at radius 2 is 2.10 bits per heavy atom. The van der Waals surface area contributed by atoms with Gasteiger partial charge in [-0.15, -0.1) is 0 Å². The summed E-state index contributed by atoms with van der Waals surface area (Å²) in [5, 5.41) is 13.8. The molecule has 0 atom stereocenters. The zero-order chi connectivity index (χ0) is 27.9. The number of carboxylic acids is 1. The van der Waals surface area contributed by atoms with Crippen molar-refractivity contribution in [2.75, 3.05) is 50.8 Å². The number of hydrogen-bond acceptors (Lipinski definition) is 7. The molecule has 0 aliphatic carbocycles. The molecule has 3 aromatic rings. The zero-order valence-corrected chi connectivity index (χ0v) is 23.9. The van der Waals surface area contributed by atoms with Gasteiger partial charge in [0.2, 0.25) is 0 Å². The first-order valence-electron chi connectivity index (χ1n) is 13.4. The third-order valence-corrected chi connectivity index (χ3v) is 8.55. The molecule has 2 aliphatic heterocycles. The number of rotatable bonds is 9. The van der Waals surface area contributed by atoms with Crippen molar-refractivity contribution in [1.82, 2.24) is 15.2 Å². The van der Waals surface area contributed by atoms with Crippen LogP contribution in [0.4, 0.5) is 9.52 Å². The second-order valence-corrected chi connectivity index (χ2v) is 11.1. The van der Waals surface area contributed by atoms with Crippen LogP contribution in [0.3, 0.4) is 0 Å². The number of aromatic nitrogens is 1. The Kier molecular flexibility index (Phi) is 9.62. The van der Waals surface area contributed by atoms with E-state index in [0.717, 1.165) is 44.7 Å². The number of carboxylic acid groups (broad SMARTS) is 1.